The number of amidine groups is 1. The predicted molar refractivity (Wildman–Crippen MR) is 34.4 cm³/mol. The summed E-state index contributed by atoms with van der Waals surface area (Å²) in [5.74, 6) is 0.268. The second kappa shape index (κ2) is 2.30. The van der Waals surface area contributed by atoms with Crippen LogP contribution in [0.25, 0.3) is 0 Å². The fraction of sp³-hybridized carbons (Fsp3) is 0.200. The molecule has 1 rings (SSSR count). The van der Waals surface area contributed by atoms with E-state index in [1.54, 1.807) is 6.21 Å². The molecule has 1 aliphatic heterocycles. The lowest BCUT2D eigenvalue weighted by molar-refractivity contribution is 0.278. The summed E-state index contributed by atoms with van der Waals surface area (Å²) in [5.41, 5.74) is 5.08. The molecule has 4 heteroatoms. The molecule has 0 aromatic heterocycles. The van der Waals surface area contributed by atoms with Gasteiger partial charge in [-0.05, 0) is 0 Å². The molecule has 3 N–H and O–H groups in total. The Morgan fingerprint density at radius 3 is 3.00 bits per heavy atom. The molecule has 0 spiro atoms. The third kappa shape index (κ3) is 1.28. The molecular formula is C5H7N3O. The first-order valence-electron chi connectivity index (χ1n) is 2.49. The lowest BCUT2D eigenvalue weighted by atomic mass is 10.5. The van der Waals surface area contributed by atoms with Crippen LogP contribution in [0.2, 0.25) is 0 Å². The molecule has 0 fully saturated rings. The third-order valence-corrected chi connectivity index (χ3v) is 0.876. The topological polar surface area (TPSA) is 71.5 Å². The van der Waals surface area contributed by atoms with Gasteiger partial charge in [-0.1, -0.05) is 0 Å². The van der Waals surface area contributed by atoms with Crippen LogP contribution in [0.3, 0.4) is 0 Å². The highest BCUT2D eigenvalue weighted by Gasteiger charge is 2.02. The van der Waals surface area contributed by atoms with Crippen LogP contribution in [-0.4, -0.2) is 18.7 Å². The van der Waals surface area contributed by atoms with Crippen LogP contribution in [0.15, 0.2) is 17.0 Å². The van der Waals surface area contributed by atoms with Gasteiger partial charge in [0.25, 0.3) is 0 Å². The van der Waals surface area contributed by atoms with Gasteiger partial charge in [0.2, 0.25) is 0 Å². The second-order valence-corrected chi connectivity index (χ2v) is 1.55. The molecule has 0 radical (unpaired) electrons. The van der Waals surface area contributed by atoms with Gasteiger partial charge in [0.15, 0.2) is 11.6 Å². The van der Waals surface area contributed by atoms with Crippen LogP contribution < -0.4 is 5.73 Å². The fourth-order valence-corrected chi connectivity index (χ4v) is 0.475. The zero-order valence-electron chi connectivity index (χ0n) is 4.79. The number of aliphatic imine (C=N–C) groups is 1. The number of ether oxygens (including phenoxy) is 1. The Labute approximate surface area is 52.5 Å². The third-order valence-electron chi connectivity index (χ3n) is 0.876. The van der Waals surface area contributed by atoms with Crippen molar-refractivity contribution in [1.29, 1.82) is 5.41 Å². The first-order valence-corrected chi connectivity index (χ1v) is 2.49. The van der Waals surface area contributed by atoms with Crippen molar-refractivity contribution >= 4 is 12.1 Å². The van der Waals surface area contributed by atoms with Crippen molar-refractivity contribution in [1.82, 2.24) is 0 Å². The number of nitrogens with zero attached hydrogens (tertiary/aromatic N) is 1. The van der Waals surface area contributed by atoms with Gasteiger partial charge < -0.3 is 10.5 Å². The van der Waals surface area contributed by atoms with Gasteiger partial charge in [-0.2, -0.15) is 0 Å². The van der Waals surface area contributed by atoms with E-state index >= 15 is 0 Å². The molecular weight excluding hydrogens is 118 g/mol. The van der Waals surface area contributed by atoms with Crippen LogP contribution >= 0.6 is 0 Å². The molecule has 0 saturated carbocycles. The van der Waals surface area contributed by atoms with E-state index in [1.807, 2.05) is 0 Å². The Balaban J connectivity index is 2.68. The number of nitrogens with one attached hydrogen (secondary N) is 1. The number of hydrogen-bond donors (Lipinski definition) is 2. The average molecular weight is 125 g/mol. The predicted octanol–water partition coefficient (Wildman–Crippen LogP) is -0.135. The highest BCUT2D eigenvalue weighted by Crippen LogP contribution is 1.99. The molecule has 1 aliphatic rings. The van der Waals surface area contributed by atoms with Gasteiger partial charge in [0.1, 0.15) is 6.61 Å². The summed E-state index contributed by atoms with van der Waals surface area (Å²) in [7, 11) is 0. The maximum absolute atomic E-state index is 6.90. The van der Waals surface area contributed by atoms with Crippen LogP contribution in [0.5, 0.6) is 0 Å². The SMILES string of the molecule is N=C(N)C1=CN=CCO1. The summed E-state index contributed by atoms with van der Waals surface area (Å²) < 4.78 is 4.90. The summed E-state index contributed by atoms with van der Waals surface area (Å²) in [4.78, 5) is 3.75. The summed E-state index contributed by atoms with van der Waals surface area (Å²) >= 11 is 0. The van der Waals surface area contributed by atoms with E-state index in [1.165, 1.54) is 6.20 Å². The maximum Gasteiger partial charge on any atom is 0.179 e. The van der Waals surface area contributed by atoms with E-state index in [0.717, 1.165) is 0 Å². The Morgan fingerprint density at radius 1 is 1.89 bits per heavy atom. The lowest BCUT2D eigenvalue weighted by Crippen LogP contribution is -2.17. The standard InChI is InChI=1S/C5H7N3O/c6-5(7)4-3-8-1-2-9-4/h1,3H,2H2,(H3,6,7). The summed E-state index contributed by atoms with van der Waals surface area (Å²) in [6.07, 6.45) is 3.03. The van der Waals surface area contributed by atoms with Crippen molar-refractivity contribution in [3.8, 4) is 0 Å². The molecule has 0 aromatic rings. The van der Waals surface area contributed by atoms with E-state index in [-0.39, 0.29) is 5.84 Å². The second-order valence-electron chi connectivity index (χ2n) is 1.55. The van der Waals surface area contributed by atoms with Gasteiger partial charge in [0, 0.05) is 6.21 Å². The van der Waals surface area contributed by atoms with E-state index in [4.69, 9.17) is 15.9 Å². The Hall–Kier alpha value is -1.32. The number of hydrogen-bond acceptors (Lipinski definition) is 3. The van der Waals surface area contributed by atoms with E-state index < -0.39 is 0 Å². The quantitative estimate of drug-likeness (QED) is 0.378. The van der Waals surface area contributed by atoms with Gasteiger partial charge in [-0.15, -0.1) is 0 Å². The van der Waals surface area contributed by atoms with Crippen molar-refractivity contribution in [2.24, 2.45) is 10.7 Å². The van der Waals surface area contributed by atoms with Crippen LogP contribution in [-0.2, 0) is 4.74 Å². The van der Waals surface area contributed by atoms with E-state index in [0.29, 0.717) is 12.4 Å². The highest BCUT2D eigenvalue weighted by molar-refractivity contribution is 5.93. The molecule has 48 valence electrons. The largest absolute Gasteiger partial charge is 0.482 e. The summed E-state index contributed by atoms with van der Waals surface area (Å²) in [6, 6.07) is 0. The van der Waals surface area contributed by atoms with Crippen LogP contribution in [0, 0.1) is 5.41 Å². The Morgan fingerprint density at radius 2 is 2.67 bits per heavy atom. The summed E-state index contributed by atoms with van der Waals surface area (Å²) in [6.45, 7) is 0.408. The molecule has 4 nitrogen and oxygen atoms in total. The molecule has 9 heavy (non-hydrogen) atoms. The molecule has 0 amide bonds. The summed E-state index contributed by atoms with van der Waals surface area (Å²) in [5, 5.41) is 6.90. The zero-order chi connectivity index (χ0) is 6.69. The van der Waals surface area contributed by atoms with Crippen LogP contribution in [0.4, 0.5) is 0 Å². The minimum Gasteiger partial charge on any atom is -0.482 e. The van der Waals surface area contributed by atoms with Gasteiger partial charge >= 0.3 is 0 Å². The Kier molecular flexibility index (Phi) is 1.48. The monoisotopic (exact) mass is 125 g/mol. The smallest absolute Gasteiger partial charge is 0.179 e. The molecule has 0 aliphatic carbocycles. The molecule has 0 aromatic carbocycles. The zero-order valence-corrected chi connectivity index (χ0v) is 4.79. The molecule has 0 atom stereocenters. The van der Waals surface area contributed by atoms with Crippen molar-refractivity contribution in [3.63, 3.8) is 0 Å². The number of rotatable bonds is 1. The lowest BCUT2D eigenvalue weighted by Gasteiger charge is -2.07. The van der Waals surface area contributed by atoms with Gasteiger partial charge in [0.05, 0.1) is 6.20 Å². The van der Waals surface area contributed by atoms with Gasteiger partial charge in [-0.25, -0.2) is 0 Å². The Bertz CT molecular complexity index is 183. The molecule has 0 unspecified atom stereocenters. The van der Waals surface area contributed by atoms with Crippen molar-refractivity contribution in [2.75, 3.05) is 6.61 Å². The number of nitrogens with two attached hydrogens (primary N) is 1. The molecule has 0 saturated heterocycles. The van der Waals surface area contributed by atoms with Crippen molar-refractivity contribution in [2.45, 2.75) is 0 Å². The fourth-order valence-electron chi connectivity index (χ4n) is 0.475. The first-order chi connectivity index (χ1) is 4.30. The highest BCUT2D eigenvalue weighted by atomic mass is 16.5. The average Bonchev–Trinajstić information content (AvgIpc) is 1.90. The molecule has 0 bridgehead atoms. The maximum atomic E-state index is 6.90. The van der Waals surface area contributed by atoms with Crippen molar-refractivity contribution in [3.05, 3.63) is 12.0 Å². The normalized spacial score (nSPS) is 16.2. The van der Waals surface area contributed by atoms with E-state index in [2.05, 4.69) is 4.99 Å². The minimum absolute atomic E-state index is 0.0770. The minimum atomic E-state index is -0.0770. The first kappa shape index (κ1) is 5.81. The van der Waals surface area contributed by atoms with Gasteiger partial charge in [-0.3, -0.25) is 10.4 Å². The molecule has 1 heterocycles. The van der Waals surface area contributed by atoms with E-state index in [9.17, 15) is 0 Å². The van der Waals surface area contributed by atoms with Crippen LogP contribution in [0.1, 0.15) is 0 Å². The van der Waals surface area contributed by atoms with Crippen molar-refractivity contribution < 1.29 is 4.74 Å².